The summed E-state index contributed by atoms with van der Waals surface area (Å²) in [5.74, 6) is -0.226. The number of hydrogen-bond acceptors (Lipinski definition) is 2. The second kappa shape index (κ2) is 6.51. The summed E-state index contributed by atoms with van der Waals surface area (Å²) in [5, 5.41) is 5.38. The summed E-state index contributed by atoms with van der Waals surface area (Å²) in [5.41, 5.74) is 0. The zero-order valence-electron chi connectivity index (χ0n) is 10.2. The van der Waals surface area contributed by atoms with Gasteiger partial charge in [0.05, 0.1) is 0 Å². The monoisotopic (exact) mass is 226 g/mol. The Bertz CT molecular complexity index is 245. The molecule has 0 atom stereocenters. The van der Waals surface area contributed by atoms with E-state index in [2.05, 4.69) is 17.6 Å². The average molecular weight is 226 g/mol. The molecule has 92 valence electrons. The maximum Gasteiger partial charge on any atom is 0.309 e. The standard InChI is InChI=1S/C12H22N2O2/c1-3-8-13-11(15)12(16)14-10-6-4-9(2)5-7-10/h9-10H,3-8H2,1-2H3,(H,13,15)(H,14,16). The zero-order valence-corrected chi connectivity index (χ0v) is 10.2. The van der Waals surface area contributed by atoms with Crippen molar-refractivity contribution in [3.63, 3.8) is 0 Å². The summed E-state index contributed by atoms with van der Waals surface area (Å²) >= 11 is 0. The fourth-order valence-corrected chi connectivity index (χ4v) is 1.97. The molecule has 1 aliphatic carbocycles. The second-order valence-electron chi connectivity index (χ2n) is 4.69. The Labute approximate surface area is 97.2 Å². The molecule has 0 aromatic heterocycles. The maximum atomic E-state index is 11.5. The highest BCUT2D eigenvalue weighted by molar-refractivity contribution is 6.35. The Kier molecular flexibility index (Phi) is 5.29. The van der Waals surface area contributed by atoms with Gasteiger partial charge in [-0.05, 0) is 38.0 Å². The summed E-state index contributed by atoms with van der Waals surface area (Å²) in [6, 6.07) is 0.191. The number of amides is 2. The first-order valence-corrected chi connectivity index (χ1v) is 6.22. The first-order chi connectivity index (χ1) is 7.63. The van der Waals surface area contributed by atoms with Gasteiger partial charge >= 0.3 is 11.8 Å². The summed E-state index contributed by atoms with van der Waals surface area (Å²) in [7, 11) is 0. The highest BCUT2D eigenvalue weighted by Crippen LogP contribution is 2.23. The molecular formula is C12H22N2O2. The van der Waals surface area contributed by atoms with E-state index < -0.39 is 11.8 Å². The van der Waals surface area contributed by atoms with Crippen molar-refractivity contribution in [2.24, 2.45) is 5.92 Å². The van der Waals surface area contributed by atoms with Gasteiger partial charge in [0.1, 0.15) is 0 Å². The van der Waals surface area contributed by atoms with E-state index in [0.29, 0.717) is 6.54 Å². The van der Waals surface area contributed by atoms with Crippen molar-refractivity contribution in [1.29, 1.82) is 0 Å². The van der Waals surface area contributed by atoms with Gasteiger partial charge in [-0.15, -0.1) is 0 Å². The molecule has 2 amide bonds. The third-order valence-corrected chi connectivity index (χ3v) is 3.09. The molecule has 1 rings (SSSR count). The van der Waals surface area contributed by atoms with Crippen LogP contribution in [0.1, 0.15) is 46.0 Å². The number of carbonyl (C=O) groups excluding carboxylic acids is 2. The van der Waals surface area contributed by atoms with Crippen molar-refractivity contribution in [1.82, 2.24) is 10.6 Å². The number of rotatable bonds is 3. The van der Waals surface area contributed by atoms with E-state index in [1.807, 2.05) is 6.92 Å². The largest absolute Gasteiger partial charge is 0.348 e. The average Bonchev–Trinajstić information content (AvgIpc) is 2.29. The van der Waals surface area contributed by atoms with Crippen LogP contribution in [-0.4, -0.2) is 24.4 Å². The number of hydrogen-bond donors (Lipinski definition) is 2. The third kappa shape index (κ3) is 4.21. The van der Waals surface area contributed by atoms with Gasteiger partial charge in [-0.1, -0.05) is 13.8 Å². The van der Waals surface area contributed by atoms with Crippen molar-refractivity contribution < 1.29 is 9.59 Å². The Morgan fingerprint density at radius 1 is 1.12 bits per heavy atom. The topological polar surface area (TPSA) is 58.2 Å². The van der Waals surface area contributed by atoms with Crippen LogP contribution in [0.4, 0.5) is 0 Å². The van der Waals surface area contributed by atoms with Gasteiger partial charge in [0.25, 0.3) is 0 Å². The Morgan fingerprint density at radius 3 is 2.31 bits per heavy atom. The zero-order chi connectivity index (χ0) is 12.0. The summed E-state index contributed by atoms with van der Waals surface area (Å²) in [4.78, 5) is 22.8. The van der Waals surface area contributed by atoms with Crippen LogP contribution in [0.5, 0.6) is 0 Å². The molecule has 1 aliphatic rings. The Morgan fingerprint density at radius 2 is 1.75 bits per heavy atom. The van der Waals surface area contributed by atoms with Crippen LogP contribution < -0.4 is 10.6 Å². The second-order valence-corrected chi connectivity index (χ2v) is 4.69. The lowest BCUT2D eigenvalue weighted by atomic mass is 9.87. The van der Waals surface area contributed by atoms with Gasteiger partial charge in [0.2, 0.25) is 0 Å². The predicted molar refractivity (Wildman–Crippen MR) is 62.9 cm³/mol. The van der Waals surface area contributed by atoms with Gasteiger partial charge in [0.15, 0.2) is 0 Å². The first-order valence-electron chi connectivity index (χ1n) is 6.22. The van der Waals surface area contributed by atoms with Crippen LogP contribution in [0.15, 0.2) is 0 Å². The van der Waals surface area contributed by atoms with E-state index in [1.54, 1.807) is 0 Å². The van der Waals surface area contributed by atoms with Crippen LogP contribution in [-0.2, 0) is 9.59 Å². The van der Waals surface area contributed by atoms with Gasteiger partial charge in [-0.3, -0.25) is 9.59 Å². The molecular weight excluding hydrogens is 204 g/mol. The lowest BCUT2D eigenvalue weighted by Gasteiger charge is -2.26. The highest BCUT2D eigenvalue weighted by Gasteiger charge is 2.22. The molecule has 16 heavy (non-hydrogen) atoms. The SMILES string of the molecule is CCCNC(=O)C(=O)NC1CCC(C)CC1. The van der Waals surface area contributed by atoms with Crippen LogP contribution in [0, 0.1) is 5.92 Å². The molecule has 0 radical (unpaired) electrons. The Hall–Kier alpha value is -1.06. The summed E-state index contributed by atoms with van der Waals surface area (Å²) < 4.78 is 0. The minimum absolute atomic E-state index is 0.191. The number of carbonyl (C=O) groups is 2. The lowest BCUT2D eigenvalue weighted by Crippen LogP contribution is -2.45. The van der Waals surface area contributed by atoms with Gasteiger partial charge in [-0.2, -0.15) is 0 Å². The van der Waals surface area contributed by atoms with Gasteiger partial charge in [0, 0.05) is 12.6 Å². The van der Waals surface area contributed by atoms with Crippen LogP contribution in [0.3, 0.4) is 0 Å². The van der Waals surface area contributed by atoms with Crippen LogP contribution >= 0.6 is 0 Å². The molecule has 0 heterocycles. The minimum Gasteiger partial charge on any atom is -0.348 e. The van der Waals surface area contributed by atoms with Crippen molar-refractivity contribution in [3.8, 4) is 0 Å². The Balaban J connectivity index is 2.25. The van der Waals surface area contributed by atoms with Gasteiger partial charge in [-0.25, -0.2) is 0 Å². The van der Waals surface area contributed by atoms with E-state index >= 15 is 0 Å². The van der Waals surface area contributed by atoms with Crippen molar-refractivity contribution in [2.75, 3.05) is 6.54 Å². The predicted octanol–water partition coefficient (Wildman–Crippen LogP) is 1.21. The first kappa shape index (κ1) is 13.0. The van der Waals surface area contributed by atoms with E-state index in [4.69, 9.17) is 0 Å². The van der Waals surface area contributed by atoms with Gasteiger partial charge < -0.3 is 10.6 Å². The maximum absolute atomic E-state index is 11.5. The van der Waals surface area contributed by atoms with E-state index in [1.165, 1.54) is 0 Å². The third-order valence-electron chi connectivity index (χ3n) is 3.09. The molecule has 0 aromatic rings. The fourth-order valence-electron chi connectivity index (χ4n) is 1.97. The van der Waals surface area contributed by atoms with Crippen LogP contribution in [0.25, 0.3) is 0 Å². The van der Waals surface area contributed by atoms with E-state index in [0.717, 1.165) is 38.0 Å². The van der Waals surface area contributed by atoms with Crippen molar-refractivity contribution in [3.05, 3.63) is 0 Å². The molecule has 0 saturated heterocycles. The molecule has 2 N–H and O–H groups in total. The highest BCUT2D eigenvalue weighted by atomic mass is 16.2. The van der Waals surface area contributed by atoms with Crippen molar-refractivity contribution in [2.45, 2.75) is 52.0 Å². The molecule has 1 saturated carbocycles. The summed E-state index contributed by atoms with van der Waals surface area (Å²) in [6.07, 6.45) is 5.12. The smallest absolute Gasteiger partial charge is 0.309 e. The fraction of sp³-hybridized carbons (Fsp3) is 0.833. The quantitative estimate of drug-likeness (QED) is 0.711. The minimum atomic E-state index is -0.500. The van der Waals surface area contributed by atoms with Crippen molar-refractivity contribution >= 4 is 11.8 Å². The molecule has 0 unspecified atom stereocenters. The molecule has 1 fully saturated rings. The van der Waals surface area contributed by atoms with E-state index in [-0.39, 0.29) is 6.04 Å². The molecule has 0 aliphatic heterocycles. The van der Waals surface area contributed by atoms with E-state index in [9.17, 15) is 9.59 Å². The molecule has 4 heteroatoms. The molecule has 0 bridgehead atoms. The molecule has 0 spiro atoms. The molecule has 0 aromatic carbocycles. The lowest BCUT2D eigenvalue weighted by molar-refractivity contribution is -0.139. The summed E-state index contributed by atoms with van der Waals surface area (Å²) in [6.45, 7) is 4.75. The van der Waals surface area contributed by atoms with Crippen LogP contribution in [0.2, 0.25) is 0 Å². The molecule has 4 nitrogen and oxygen atoms in total. The normalized spacial score (nSPS) is 24.9. The number of nitrogens with one attached hydrogen (secondary N) is 2.